The van der Waals surface area contributed by atoms with Gasteiger partial charge >= 0.3 is 0 Å². The zero-order chi connectivity index (χ0) is 19.4. The van der Waals surface area contributed by atoms with Crippen molar-refractivity contribution in [1.29, 1.82) is 0 Å². The number of benzene rings is 2. The maximum atomic E-state index is 6.21. The smallest absolute Gasteiger partial charge is 0.187 e. The molecule has 4 atom stereocenters. The standard InChI is InChI=1S/C23H28O5/c1-23(2)27-20-13-19(26-22(20)28-23)21(25-15-18-11-7-4-8-12-18)16-24-14-17-9-5-3-6-10-17/h3-12,19-22H,13-16H2,1-2H3/t19-,20+,21+,22+/m0/s1. The van der Waals surface area contributed by atoms with E-state index in [9.17, 15) is 0 Å². The molecule has 0 spiro atoms. The van der Waals surface area contributed by atoms with Crippen LogP contribution in [0.1, 0.15) is 31.4 Å². The number of hydrogen-bond donors (Lipinski definition) is 0. The minimum Gasteiger partial charge on any atom is -0.374 e. The highest BCUT2D eigenvalue weighted by atomic mass is 16.8. The molecule has 0 unspecified atom stereocenters. The molecule has 0 aromatic heterocycles. The highest BCUT2D eigenvalue weighted by molar-refractivity contribution is 5.14. The zero-order valence-corrected chi connectivity index (χ0v) is 16.5. The molecule has 5 heteroatoms. The van der Waals surface area contributed by atoms with Gasteiger partial charge in [-0.05, 0) is 25.0 Å². The van der Waals surface area contributed by atoms with Gasteiger partial charge in [0, 0.05) is 6.42 Å². The lowest BCUT2D eigenvalue weighted by molar-refractivity contribution is -0.221. The minimum atomic E-state index is -0.593. The van der Waals surface area contributed by atoms with Gasteiger partial charge in [0.05, 0.1) is 25.9 Å². The molecule has 0 bridgehead atoms. The summed E-state index contributed by atoms with van der Waals surface area (Å²) in [6.07, 6.45) is 0.0340. The molecule has 0 N–H and O–H groups in total. The van der Waals surface area contributed by atoms with Crippen molar-refractivity contribution in [1.82, 2.24) is 0 Å². The van der Waals surface area contributed by atoms with E-state index in [1.165, 1.54) is 0 Å². The Labute approximate surface area is 166 Å². The Balaban J connectivity index is 1.35. The molecular weight excluding hydrogens is 356 g/mol. The van der Waals surface area contributed by atoms with Gasteiger partial charge in [0.15, 0.2) is 12.1 Å². The minimum absolute atomic E-state index is 0.0584. The summed E-state index contributed by atoms with van der Waals surface area (Å²) < 4.78 is 30.1. The van der Waals surface area contributed by atoms with Crippen molar-refractivity contribution < 1.29 is 23.7 Å². The third-order valence-electron chi connectivity index (χ3n) is 5.03. The van der Waals surface area contributed by atoms with Crippen molar-refractivity contribution in [2.45, 2.75) is 63.9 Å². The van der Waals surface area contributed by atoms with Crippen LogP contribution in [0.2, 0.25) is 0 Å². The summed E-state index contributed by atoms with van der Waals surface area (Å²) in [5.41, 5.74) is 2.27. The SMILES string of the molecule is CC1(C)O[C@H]2O[C@H]([C@@H](COCc3ccccc3)OCc3ccccc3)C[C@H]2O1. The zero-order valence-electron chi connectivity index (χ0n) is 16.5. The molecule has 28 heavy (non-hydrogen) atoms. The van der Waals surface area contributed by atoms with Crippen LogP contribution < -0.4 is 0 Å². The van der Waals surface area contributed by atoms with E-state index in [0.29, 0.717) is 19.8 Å². The lowest BCUT2D eigenvalue weighted by Gasteiger charge is -2.26. The van der Waals surface area contributed by atoms with Gasteiger partial charge in [-0.3, -0.25) is 0 Å². The number of fused-ring (bicyclic) bond motifs is 1. The van der Waals surface area contributed by atoms with E-state index < -0.39 is 5.79 Å². The molecule has 4 rings (SSSR count). The summed E-state index contributed by atoms with van der Waals surface area (Å²) >= 11 is 0. The third-order valence-corrected chi connectivity index (χ3v) is 5.03. The van der Waals surface area contributed by atoms with Crippen molar-refractivity contribution in [3.63, 3.8) is 0 Å². The molecule has 2 aromatic carbocycles. The summed E-state index contributed by atoms with van der Waals surface area (Å²) in [7, 11) is 0. The van der Waals surface area contributed by atoms with E-state index in [-0.39, 0.29) is 24.6 Å². The maximum absolute atomic E-state index is 6.21. The van der Waals surface area contributed by atoms with Gasteiger partial charge in [-0.2, -0.15) is 0 Å². The highest BCUT2D eigenvalue weighted by Crippen LogP contribution is 2.38. The second-order valence-electron chi connectivity index (χ2n) is 7.79. The molecule has 150 valence electrons. The Kier molecular flexibility index (Phi) is 6.09. The molecule has 0 radical (unpaired) electrons. The Morgan fingerprint density at radius 3 is 2.21 bits per heavy atom. The second kappa shape index (κ2) is 8.72. The molecule has 0 aliphatic carbocycles. The molecule has 5 nitrogen and oxygen atoms in total. The Morgan fingerprint density at radius 1 is 0.929 bits per heavy atom. The Bertz CT molecular complexity index is 717. The molecule has 2 aliphatic heterocycles. The predicted octanol–water partition coefficient (Wildman–Crippen LogP) is 4.06. The van der Waals surface area contributed by atoms with Gasteiger partial charge in [-0.1, -0.05) is 60.7 Å². The monoisotopic (exact) mass is 384 g/mol. The summed E-state index contributed by atoms with van der Waals surface area (Å²) in [6.45, 7) is 5.34. The molecule has 2 heterocycles. The van der Waals surface area contributed by atoms with Gasteiger partial charge in [-0.15, -0.1) is 0 Å². The average Bonchev–Trinajstić information content (AvgIpc) is 3.19. The van der Waals surface area contributed by atoms with Crippen molar-refractivity contribution in [2.75, 3.05) is 6.61 Å². The van der Waals surface area contributed by atoms with Crippen LogP contribution in [0.4, 0.5) is 0 Å². The Morgan fingerprint density at radius 2 is 1.57 bits per heavy atom. The molecule has 2 saturated heterocycles. The lowest BCUT2D eigenvalue weighted by atomic mass is 10.1. The van der Waals surface area contributed by atoms with Gasteiger partial charge in [0.1, 0.15) is 12.2 Å². The van der Waals surface area contributed by atoms with Crippen LogP contribution in [-0.4, -0.2) is 37.0 Å². The quantitative estimate of drug-likeness (QED) is 0.687. The molecule has 2 fully saturated rings. The van der Waals surface area contributed by atoms with Crippen molar-refractivity contribution in [3.05, 3.63) is 71.8 Å². The third kappa shape index (κ3) is 4.99. The van der Waals surface area contributed by atoms with E-state index in [1.807, 2.05) is 50.2 Å². The first kappa shape index (κ1) is 19.6. The highest BCUT2D eigenvalue weighted by Gasteiger charge is 2.50. The van der Waals surface area contributed by atoms with Crippen molar-refractivity contribution >= 4 is 0 Å². The summed E-state index contributed by atoms with van der Waals surface area (Å²) in [5.74, 6) is -0.593. The van der Waals surface area contributed by atoms with Gasteiger partial charge in [0.2, 0.25) is 0 Å². The van der Waals surface area contributed by atoms with Gasteiger partial charge in [-0.25, -0.2) is 0 Å². The molecule has 2 aromatic rings. The molecule has 0 saturated carbocycles. The number of rotatable bonds is 8. The van der Waals surface area contributed by atoms with Crippen LogP contribution in [0.5, 0.6) is 0 Å². The van der Waals surface area contributed by atoms with Crippen LogP contribution in [0.3, 0.4) is 0 Å². The molecular formula is C23H28O5. The summed E-state index contributed by atoms with van der Waals surface area (Å²) in [6, 6.07) is 20.3. The van der Waals surface area contributed by atoms with Crippen LogP contribution >= 0.6 is 0 Å². The first-order valence-electron chi connectivity index (χ1n) is 9.87. The normalized spacial score (nSPS) is 26.9. The largest absolute Gasteiger partial charge is 0.374 e. The first-order chi connectivity index (χ1) is 13.6. The van der Waals surface area contributed by atoms with Gasteiger partial charge < -0.3 is 23.7 Å². The van der Waals surface area contributed by atoms with Crippen molar-refractivity contribution in [3.8, 4) is 0 Å². The fraction of sp³-hybridized carbons (Fsp3) is 0.478. The van der Waals surface area contributed by atoms with Gasteiger partial charge in [0.25, 0.3) is 0 Å². The van der Waals surface area contributed by atoms with Crippen LogP contribution in [0.25, 0.3) is 0 Å². The summed E-state index contributed by atoms with van der Waals surface area (Å²) in [4.78, 5) is 0. The fourth-order valence-corrected chi connectivity index (χ4v) is 3.68. The van der Waals surface area contributed by atoms with E-state index in [1.54, 1.807) is 0 Å². The Hall–Kier alpha value is -1.76. The topological polar surface area (TPSA) is 46.2 Å². The predicted molar refractivity (Wildman–Crippen MR) is 104 cm³/mol. The second-order valence-corrected chi connectivity index (χ2v) is 7.79. The van der Waals surface area contributed by atoms with E-state index in [2.05, 4.69) is 24.3 Å². The number of hydrogen-bond acceptors (Lipinski definition) is 5. The van der Waals surface area contributed by atoms with Crippen LogP contribution in [0.15, 0.2) is 60.7 Å². The van der Waals surface area contributed by atoms with E-state index in [0.717, 1.165) is 17.5 Å². The first-order valence-corrected chi connectivity index (χ1v) is 9.87. The molecule has 0 amide bonds. The average molecular weight is 384 g/mol. The maximum Gasteiger partial charge on any atom is 0.187 e. The van der Waals surface area contributed by atoms with Crippen molar-refractivity contribution in [2.24, 2.45) is 0 Å². The van der Waals surface area contributed by atoms with Crippen LogP contribution in [0, 0.1) is 0 Å². The van der Waals surface area contributed by atoms with E-state index in [4.69, 9.17) is 23.7 Å². The van der Waals surface area contributed by atoms with Crippen LogP contribution in [-0.2, 0) is 36.9 Å². The fourth-order valence-electron chi connectivity index (χ4n) is 3.68. The summed E-state index contributed by atoms with van der Waals surface area (Å²) in [5, 5.41) is 0. The lowest BCUT2D eigenvalue weighted by Crippen LogP contribution is -2.35. The molecule has 2 aliphatic rings. The van der Waals surface area contributed by atoms with E-state index >= 15 is 0 Å². The number of ether oxygens (including phenoxy) is 5.